The quantitative estimate of drug-likeness (QED) is 0.356. The number of anilines is 1. The van der Waals surface area contributed by atoms with Crippen molar-refractivity contribution in [2.24, 2.45) is 4.99 Å². The van der Waals surface area contributed by atoms with Gasteiger partial charge in [0.2, 0.25) is 10.0 Å². The number of guanidine groups is 1. The molecule has 10 heteroatoms. The van der Waals surface area contributed by atoms with Gasteiger partial charge in [-0.3, -0.25) is 4.99 Å². The highest BCUT2D eigenvalue weighted by Crippen LogP contribution is 2.20. The van der Waals surface area contributed by atoms with E-state index in [0.717, 1.165) is 19.5 Å². The standard InChI is InChI=1S/C18H31FN6O2S/c1-4-20-18(22-11-7-12-25(5-2)28(3,26)27)23-15-9-13-24(14-15)17-16(19)8-6-10-21-17/h6,8,10,15H,4-5,7,9,11-14H2,1-3H3,(H2,20,22,23). The van der Waals surface area contributed by atoms with Crippen molar-refractivity contribution in [2.75, 3.05) is 50.4 Å². The summed E-state index contributed by atoms with van der Waals surface area (Å²) in [6.45, 7) is 7.35. The first-order chi connectivity index (χ1) is 13.3. The van der Waals surface area contributed by atoms with Gasteiger partial charge in [-0.15, -0.1) is 0 Å². The number of rotatable bonds is 9. The van der Waals surface area contributed by atoms with Crippen molar-refractivity contribution in [2.45, 2.75) is 32.7 Å². The average molecular weight is 415 g/mol. The molecule has 0 spiro atoms. The fourth-order valence-corrected chi connectivity index (χ4v) is 4.12. The minimum Gasteiger partial charge on any atom is -0.357 e. The molecule has 0 amide bonds. The molecule has 0 aliphatic carbocycles. The van der Waals surface area contributed by atoms with E-state index in [2.05, 4.69) is 20.6 Å². The summed E-state index contributed by atoms with van der Waals surface area (Å²) in [5.74, 6) is 0.766. The summed E-state index contributed by atoms with van der Waals surface area (Å²) in [7, 11) is -3.17. The summed E-state index contributed by atoms with van der Waals surface area (Å²) in [6.07, 6.45) is 4.33. The van der Waals surface area contributed by atoms with E-state index in [0.29, 0.717) is 44.4 Å². The van der Waals surface area contributed by atoms with Gasteiger partial charge in [0.15, 0.2) is 17.6 Å². The van der Waals surface area contributed by atoms with Crippen LogP contribution in [0.4, 0.5) is 10.2 Å². The maximum Gasteiger partial charge on any atom is 0.211 e. The Morgan fingerprint density at radius 2 is 2.25 bits per heavy atom. The van der Waals surface area contributed by atoms with E-state index >= 15 is 0 Å². The lowest BCUT2D eigenvalue weighted by atomic mass is 10.3. The van der Waals surface area contributed by atoms with Crippen LogP contribution in [0.2, 0.25) is 0 Å². The predicted octanol–water partition coefficient (Wildman–Crippen LogP) is 1.03. The molecule has 0 radical (unpaired) electrons. The fourth-order valence-electron chi connectivity index (χ4n) is 3.19. The molecule has 0 aromatic carbocycles. The van der Waals surface area contributed by atoms with Crippen molar-refractivity contribution in [1.29, 1.82) is 0 Å². The molecule has 158 valence electrons. The average Bonchev–Trinajstić information content (AvgIpc) is 3.09. The van der Waals surface area contributed by atoms with Gasteiger partial charge in [0.25, 0.3) is 0 Å². The Hall–Kier alpha value is -1.94. The van der Waals surface area contributed by atoms with E-state index in [1.54, 1.807) is 12.3 Å². The Labute approximate surface area is 167 Å². The third-order valence-corrected chi connectivity index (χ3v) is 5.95. The van der Waals surface area contributed by atoms with Gasteiger partial charge in [0.05, 0.1) is 6.26 Å². The molecule has 1 unspecified atom stereocenters. The van der Waals surface area contributed by atoms with Crippen molar-refractivity contribution in [3.05, 3.63) is 24.1 Å². The number of pyridine rings is 1. The Morgan fingerprint density at radius 1 is 1.46 bits per heavy atom. The van der Waals surface area contributed by atoms with Crippen molar-refractivity contribution < 1.29 is 12.8 Å². The van der Waals surface area contributed by atoms with Crippen molar-refractivity contribution in [3.8, 4) is 0 Å². The maximum absolute atomic E-state index is 13.9. The smallest absolute Gasteiger partial charge is 0.211 e. The summed E-state index contributed by atoms with van der Waals surface area (Å²) in [5.41, 5.74) is 0. The third kappa shape index (κ3) is 6.59. The molecule has 1 fully saturated rings. The molecule has 28 heavy (non-hydrogen) atoms. The highest BCUT2D eigenvalue weighted by molar-refractivity contribution is 7.88. The fraction of sp³-hybridized carbons (Fsp3) is 0.667. The molecule has 2 heterocycles. The van der Waals surface area contributed by atoms with Crippen LogP contribution in [-0.4, -0.2) is 75.2 Å². The number of nitrogens with zero attached hydrogens (tertiary/aromatic N) is 4. The van der Waals surface area contributed by atoms with Gasteiger partial charge in [0.1, 0.15) is 0 Å². The summed E-state index contributed by atoms with van der Waals surface area (Å²) in [4.78, 5) is 10.6. The van der Waals surface area contributed by atoms with Gasteiger partial charge in [-0.25, -0.2) is 22.1 Å². The molecule has 1 saturated heterocycles. The predicted molar refractivity (Wildman–Crippen MR) is 111 cm³/mol. The first-order valence-electron chi connectivity index (χ1n) is 9.70. The van der Waals surface area contributed by atoms with Crippen LogP contribution >= 0.6 is 0 Å². The number of sulfonamides is 1. The minimum atomic E-state index is -3.17. The Morgan fingerprint density at radius 3 is 2.89 bits per heavy atom. The molecule has 1 aliphatic rings. The first-order valence-corrected chi connectivity index (χ1v) is 11.5. The van der Waals surface area contributed by atoms with Crippen molar-refractivity contribution >= 4 is 21.8 Å². The van der Waals surface area contributed by atoms with Crippen LogP contribution in [0.3, 0.4) is 0 Å². The molecule has 2 N–H and O–H groups in total. The molecule has 1 aliphatic heterocycles. The summed E-state index contributed by atoms with van der Waals surface area (Å²) in [6, 6.07) is 3.15. The van der Waals surface area contributed by atoms with Crippen LogP contribution in [0.15, 0.2) is 23.3 Å². The number of aliphatic imine (C=N–C) groups is 1. The number of hydrogen-bond donors (Lipinski definition) is 2. The topological polar surface area (TPSA) is 89.9 Å². The summed E-state index contributed by atoms with van der Waals surface area (Å²) >= 11 is 0. The van der Waals surface area contributed by atoms with Crippen LogP contribution in [0.25, 0.3) is 0 Å². The lowest BCUT2D eigenvalue weighted by molar-refractivity contribution is 0.427. The van der Waals surface area contributed by atoms with Crippen molar-refractivity contribution in [3.63, 3.8) is 0 Å². The van der Waals surface area contributed by atoms with Crippen LogP contribution in [0.1, 0.15) is 26.7 Å². The molecular formula is C18H31FN6O2S. The van der Waals surface area contributed by atoms with Crippen LogP contribution in [0, 0.1) is 5.82 Å². The highest BCUT2D eigenvalue weighted by Gasteiger charge is 2.25. The second-order valence-electron chi connectivity index (χ2n) is 6.75. The molecule has 0 bridgehead atoms. The zero-order valence-corrected chi connectivity index (χ0v) is 17.7. The van der Waals surface area contributed by atoms with Crippen LogP contribution < -0.4 is 15.5 Å². The molecular weight excluding hydrogens is 383 g/mol. The second-order valence-corrected chi connectivity index (χ2v) is 8.74. The summed E-state index contributed by atoms with van der Waals surface area (Å²) in [5, 5.41) is 6.59. The molecule has 0 saturated carbocycles. The van der Waals surface area contributed by atoms with Gasteiger partial charge in [0, 0.05) is 51.5 Å². The normalized spacial score (nSPS) is 18.0. The number of halogens is 1. The van der Waals surface area contributed by atoms with Crippen molar-refractivity contribution in [1.82, 2.24) is 19.9 Å². The Kier molecular flexibility index (Phi) is 8.43. The van der Waals surface area contributed by atoms with Gasteiger partial charge < -0.3 is 15.5 Å². The summed E-state index contributed by atoms with van der Waals surface area (Å²) < 4.78 is 38.6. The monoisotopic (exact) mass is 414 g/mol. The van der Waals surface area contributed by atoms with E-state index in [-0.39, 0.29) is 11.9 Å². The van der Waals surface area contributed by atoms with Gasteiger partial charge >= 0.3 is 0 Å². The van der Waals surface area contributed by atoms with Gasteiger partial charge in [-0.1, -0.05) is 6.92 Å². The zero-order chi connectivity index (χ0) is 20.6. The van der Waals surface area contributed by atoms with E-state index in [1.807, 2.05) is 18.7 Å². The molecule has 8 nitrogen and oxygen atoms in total. The molecule has 1 aromatic heterocycles. The molecule has 1 aromatic rings. The van der Waals surface area contributed by atoms with Gasteiger partial charge in [-0.2, -0.15) is 0 Å². The number of aromatic nitrogens is 1. The van der Waals surface area contributed by atoms with Gasteiger partial charge in [-0.05, 0) is 31.9 Å². The Balaban J connectivity index is 1.87. The lowest BCUT2D eigenvalue weighted by Gasteiger charge is -2.20. The van der Waals surface area contributed by atoms with E-state index in [1.165, 1.54) is 16.6 Å². The minimum absolute atomic E-state index is 0.141. The zero-order valence-electron chi connectivity index (χ0n) is 16.9. The van der Waals surface area contributed by atoms with Crippen LogP contribution in [-0.2, 0) is 10.0 Å². The Bertz CT molecular complexity index is 758. The SMILES string of the molecule is CCNC(=NCCCN(CC)S(C)(=O)=O)NC1CCN(c2ncccc2F)C1. The largest absolute Gasteiger partial charge is 0.357 e. The third-order valence-electron chi connectivity index (χ3n) is 4.57. The number of hydrogen-bond acceptors (Lipinski definition) is 5. The lowest BCUT2D eigenvalue weighted by Crippen LogP contribution is -2.44. The van der Waals surface area contributed by atoms with Crippen LogP contribution in [0.5, 0.6) is 0 Å². The van der Waals surface area contributed by atoms with E-state index in [4.69, 9.17) is 0 Å². The molecule has 1 atom stereocenters. The molecule has 2 rings (SSSR count). The highest BCUT2D eigenvalue weighted by atomic mass is 32.2. The first kappa shape index (κ1) is 22.4. The second kappa shape index (κ2) is 10.6. The van der Waals surface area contributed by atoms with E-state index < -0.39 is 10.0 Å². The number of nitrogens with one attached hydrogen (secondary N) is 2. The maximum atomic E-state index is 13.9. The van der Waals surface area contributed by atoms with E-state index in [9.17, 15) is 12.8 Å².